The summed E-state index contributed by atoms with van der Waals surface area (Å²) in [6.07, 6.45) is 2.42. The maximum Gasteiger partial charge on any atom is 0.119 e. The highest BCUT2D eigenvalue weighted by Crippen LogP contribution is 2.34. The van der Waals surface area contributed by atoms with Crippen molar-refractivity contribution in [2.24, 2.45) is 0 Å². The van der Waals surface area contributed by atoms with E-state index in [-0.39, 0.29) is 0 Å². The molecular weight excluding hydrogens is 358 g/mol. The van der Waals surface area contributed by atoms with Crippen LogP contribution in [0, 0.1) is 0 Å². The van der Waals surface area contributed by atoms with E-state index in [9.17, 15) is 0 Å². The summed E-state index contributed by atoms with van der Waals surface area (Å²) in [5.74, 6) is 0.828. The first-order valence-electron chi connectivity index (χ1n) is 9.54. The fraction of sp³-hybridized carbons (Fsp3) is 0.409. The second-order valence-electron chi connectivity index (χ2n) is 7.08. The summed E-state index contributed by atoms with van der Waals surface area (Å²) in [4.78, 5) is 7.18. The van der Waals surface area contributed by atoms with Gasteiger partial charge in [-0.3, -0.25) is 0 Å². The molecule has 0 radical (unpaired) electrons. The molecule has 0 bridgehead atoms. The van der Waals surface area contributed by atoms with Gasteiger partial charge in [-0.05, 0) is 56.8 Å². The van der Waals surface area contributed by atoms with Crippen molar-refractivity contribution in [2.45, 2.75) is 32.7 Å². The highest BCUT2D eigenvalue weighted by Gasteiger charge is 2.12. The molecule has 1 atom stereocenters. The molecule has 0 aliphatic heterocycles. The molecule has 1 unspecified atom stereocenters. The van der Waals surface area contributed by atoms with Gasteiger partial charge in [0.15, 0.2) is 0 Å². The quantitative estimate of drug-likeness (QED) is 0.513. The number of fused-ring (bicyclic) bond motifs is 2. The van der Waals surface area contributed by atoms with Gasteiger partial charge in [0, 0.05) is 34.9 Å². The number of pyridine rings is 1. The average Bonchev–Trinajstić information content (AvgIpc) is 2.66. The largest absolute Gasteiger partial charge is 0.497 e. The minimum absolute atomic E-state index is 0.585. The van der Waals surface area contributed by atoms with Crippen LogP contribution in [0.2, 0.25) is 5.02 Å². The summed E-state index contributed by atoms with van der Waals surface area (Å²) in [6, 6.07) is 12.4. The van der Waals surface area contributed by atoms with E-state index in [1.807, 2.05) is 36.4 Å². The summed E-state index contributed by atoms with van der Waals surface area (Å²) < 4.78 is 5.42. The Balaban J connectivity index is 1.95. The van der Waals surface area contributed by atoms with Gasteiger partial charge in [-0.2, -0.15) is 0 Å². The van der Waals surface area contributed by atoms with Gasteiger partial charge >= 0.3 is 0 Å². The van der Waals surface area contributed by atoms with Crippen LogP contribution in [0.25, 0.3) is 21.8 Å². The molecule has 0 aliphatic rings. The van der Waals surface area contributed by atoms with Gasteiger partial charge in [0.2, 0.25) is 0 Å². The number of anilines is 1. The number of likely N-dealkylation sites (N-methyl/N-ethyl adjacent to an activating group) is 1. The van der Waals surface area contributed by atoms with E-state index in [1.165, 1.54) is 12.8 Å². The summed E-state index contributed by atoms with van der Waals surface area (Å²) in [5.41, 5.74) is 2.92. The third kappa shape index (κ3) is 4.45. The highest BCUT2D eigenvalue weighted by atomic mass is 35.5. The first-order chi connectivity index (χ1) is 13.0. The van der Waals surface area contributed by atoms with Gasteiger partial charge in [0.25, 0.3) is 0 Å². The number of halogens is 1. The predicted molar refractivity (Wildman–Crippen MR) is 116 cm³/mol. The first-order valence-corrected chi connectivity index (χ1v) is 9.92. The number of benzene rings is 2. The lowest BCUT2D eigenvalue weighted by atomic mass is 10.1. The van der Waals surface area contributed by atoms with Gasteiger partial charge in [-0.1, -0.05) is 24.9 Å². The van der Waals surface area contributed by atoms with Crippen molar-refractivity contribution in [1.29, 1.82) is 0 Å². The Labute approximate surface area is 166 Å². The molecule has 27 heavy (non-hydrogen) atoms. The van der Waals surface area contributed by atoms with Crippen LogP contribution < -0.4 is 10.1 Å². The van der Waals surface area contributed by atoms with Gasteiger partial charge < -0.3 is 15.0 Å². The first kappa shape index (κ1) is 19.7. The number of rotatable bonds is 8. The fourth-order valence-corrected chi connectivity index (χ4v) is 3.60. The number of hydrogen-bond donors (Lipinski definition) is 1. The van der Waals surface area contributed by atoms with Crippen molar-refractivity contribution < 1.29 is 4.74 Å². The maximum absolute atomic E-state index is 6.19. The third-order valence-electron chi connectivity index (χ3n) is 5.17. The number of hydrogen-bond acceptors (Lipinski definition) is 4. The molecule has 4 nitrogen and oxygen atoms in total. The minimum atomic E-state index is 0.585. The van der Waals surface area contributed by atoms with E-state index in [0.29, 0.717) is 11.1 Å². The molecule has 0 amide bonds. The van der Waals surface area contributed by atoms with Crippen LogP contribution in [-0.2, 0) is 0 Å². The van der Waals surface area contributed by atoms with Crippen LogP contribution in [0.4, 0.5) is 5.69 Å². The molecule has 5 heteroatoms. The van der Waals surface area contributed by atoms with E-state index in [2.05, 4.69) is 31.1 Å². The second-order valence-corrected chi connectivity index (χ2v) is 7.51. The SMILES string of the molecule is CCCC(C)N(C)CCNc1c2ccc(Cl)cc2nc2ccc(OC)cc12. The van der Waals surface area contributed by atoms with Crippen LogP contribution in [0.15, 0.2) is 36.4 Å². The second kappa shape index (κ2) is 8.77. The van der Waals surface area contributed by atoms with Crippen LogP contribution in [0.1, 0.15) is 26.7 Å². The summed E-state index contributed by atoms with van der Waals surface area (Å²) in [6.45, 7) is 6.35. The fourth-order valence-electron chi connectivity index (χ4n) is 3.43. The molecular formula is C22H28ClN3O. The number of ether oxygens (including phenoxy) is 1. The molecule has 0 saturated heterocycles. The third-order valence-corrected chi connectivity index (χ3v) is 5.40. The molecule has 0 aliphatic carbocycles. The van der Waals surface area contributed by atoms with Gasteiger partial charge in [0.1, 0.15) is 5.75 Å². The normalized spacial score (nSPS) is 12.7. The Kier molecular flexibility index (Phi) is 6.40. The van der Waals surface area contributed by atoms with Crippen LogP contribution >= 0.6 is 11.6 Å². The van der Waals surface area contributed by atoms with Crippen molar-refractivity contribution in [2.75, 3.05) is 32.6 Å². The minimum Gasteiger partial charge on any atom is -0.497 e. The number of aromatic nitrogens is 1. The Bertz CT molecular complexity index is 928. The maximum atomic E-state index is 6.19. The van der Waals surface area contributed by atoms with Crippen molar-refractivity contribution in [3.8, 4) is 5.75 Å². The molecule has 3 rings (SSSR count). The van der Waals surface area contributed by atoms with E-state index >= 15 is 0 Å². The topological polar surface area (TPSA) is 37.4 Å². The van der Waals surface area contributed by atoms with Crippen molar-refractivity contribution in [3.05, 3.63) is 41.4 Å². The molecule has 1 aromatic heterocycles. The molecule has 144 valence electrons. The molecule has 0 saturated carbocycles. The molecule has 3 aromatic rings. The molecule has 0 fully saturated rings. The Morgan fingerprint density at radius 1 is 1.15 bits per heavy atom. The highest BCUT2D eigenvalue weighted by molar-refractivity contribution is 6.31. The number of nitrogens with one attached hydrogen (secondary N) is 1. The Morgan fingerprint density at radius 2 is 1.96 bits per heavy atom. The monoisotopic (exact) mass is 385 g/mol. The smallest absolute Gasteiger partial charge is 0.119 e. The zero-order chi connectivity index (χ0) is 19.4. The van der Waals surface area contributed by atoms with E-state index in [1.54, 1.807) is 7.11 Å². The van der Waals surface area contributed by atoms with Crippen LogP contribution in [0.3, 0.4) is 0 Å². The number of nitrogens with zero attached hydrogens (tertiary/aromatic N) is 2. The standard InChI is InChI=1S/C22H28ClN3O/c1-5-6-15(2)26(3)12-11-24-22-18-9-7-16(23)13-21(18)25-20-10-8-17(27-4)14-19(20)22/h7-10,13-15H,5-6,11-12H2,1-4H3,(H,24,25). The van der Waals surface area contributed by atoms with Crippen molar-refractivity contribution in [1.82, 2.24) is 9.88 Å². The zero-order valence-electron chi connectivity index (χ0n) is 16.6. The van der Waals surface area contributed by atoms with E-state index in [4.69, 9.17) is 21.3 Å². The number of methoxy groups -OCH3 is 1. The van der Waals surface area contributed by atoms with Gasteiger partial charge in [0.05, 0.1) is 23.8 Å². The lowest BCUT2D eigenvalue weighted by Gasteiger charge is -2.25. The molecule has 2 aromatic carbocycles. The molecule has 0 spiro atoms. The summed E-state index contributed by atoms with van der Waals surface area (Å²) in [5, 5.41) is 6.48. The van der Waals surface area contributed by atoms with Crippen LogP contribution in [0.5, 0.6) is 5.75 Å². The van der Waals surface area contributed by atoms with Gasteiger partial charge in [-0.25, -0.2) is 4.98 Å². The lowest BCUT2D eigenvalue weighted by molar-refractivity contribution is 0.254. The van der Waals surface area contributed by atoms with Crippen molar-refractivity contribution in [3.63, 3.8) is 0 Å². The predicted octanol–water partition coefficient (Wildman–Crippen LogP) is 5.58. The lowest BCUT2D eigenvalue weighted by Crippen LogP contribution is -2.33. The molecule has 1 N–H and O–H groups in total. The van der Waals surface area contributed by atoms with Gasteiger partial charge in [-0.15, -0.1) is 0 Å². The summed E-state index contributed by atoms with van der Waals surface area (Å²) >= 11 is 6.19. The van der Waals surface area contributed by atoms with E-state index in [0.717, 1.165) is 46.3 Å². The van der Waals surface area contributed by atoms with E-state index < -0.39 is 0 Å². The zero-order valence-corrected chi connectivity index (χ0v) is 17.3. The molecule has 1 heterocycles. The van der Waals surface area contributed by atoms with Crippen LogP contribution in [-0.4, -0.2) is 43.2 Å². The average molecular weight is 386 g/mol. The summed E-state index contributed by atoms with van der Waals surface area (Å²) in [7, 11) is 3.88. The Morgan fingerprint density at radius 3 is 2.70 bits per heavy atom. The van der Waals surface area contributed by atoms with Crippen molar-refractivity contribution >= 4 is 39.1 Å². The Hall–Kier alpha value is -2.04.